The maximum atomic E-state index is 13.0. The van der Waals surface area contributed by atoms with Gasteiger partial charge in [-0.15, -0.1) is 0 Å². The van der Waals surface area contributed by atoms with Gasteiger partial charge in [-0.25, -0.2) is 0 Å². The van der Waals surface area contributed by atoms with Crippen molar-refractivity contribution in [3.05, 3.63) is 94.1 Å². The number of aliphatic hydroxyl groups is 1. The van der Waals surface area contributed by atoms with Crippen LogP contribution < -0.4 is 4.74 Å². The van der Waals surface area contributed by atoms with Crippen LogP contribution in [0.4, 0.5) is 0 Å². The van der Waals surface area contributed by atoms with Crippen LogP contribution in [0.3, 0.4) is 0 Å². The molecule has 1 atom stereocenters. The first kappa shape index (κ1) is 32.7. The van der Waals surface area contributed by atoms with Crippen molar-refractivity contribution in [3.63, 3.8) is 0 Å². The Kier molecular flexibility index (Phi) is 10.3. The first-order valence-corrected chi connectivity index (χ1v) is 16.6. The number of carboxylic acids is 1. The Morgan fingerprint density at radius 2 is 1.77 bits per heavy atom. The topological polar surface area (TPSA) is 116 Å². The monoisotopic (exact) mass is 657 g/mol. The van der Waals surface area contributed by atoms with Gasteiger partial charge in [0.25, 0.3) is 5.91 Å². The lowest BCUT2D eigenvalue weighted by atomic mass is 9.95. The van der Waals surface area contributed by atoms with E-state index in [-0.39, 0.29) is 24.1 Å². The number of likely N-dealkylation sites (tertiary alicyclic amines) is 2. The first-order chi connectivity index (χ1) is 22.8. The molecule has 3 heterocycles. The zero-order chi connectivity index (χ0) is 32.9. The van der Waals surface area contributed by atoms with Crippen molar-refractivity contribution in [2.45, 2.75) is 58.2 Å². The molecular weight excluding hydrogens is 618 g/mol. The highest BCUT2D eigenvalue weighted by Crippen LogP contribution is 2.33. The standard InChI is InChI=1S/C37H40ClN3O6/c1-24-29(23-46-34-12-11-26(18-31(34)38)21-41-15-3-2-10-33(41)37(44)45)8-5-9-30(24)27-6-4-7-28(19-27)35-20-32(39-47-35)36(43)40-16-13-25(22-42)14-17-40/h4-9,11-12,18-20,25,33,42H,2-3,10,13-17,21-23H2,1H3,(H,44,45)/t33-/m0/s1. The molecule has 2 aliphatic heterocycles. The van der Waals surface area contributed by atoms with E-state index >= 15 is 0 Å². The van der Waals surface area contributed by atoms with Crippen molar-refractivity contribution in [1.82, 2.24) is 15.0 Å². The maximum Gasteiger partial charge on any atom is 0.320 e. The van der Waals surface area contributed by atoms with Gasteiger partial charge in [-0.1, -0.05) is 65.6 Å². The van der Waals surface area contributed by atoms with Crippen LogP contribution >= 0.6 is 11.6 Å². The summed E-state index contributed by atoms with van der Waals surface area (Å²) in [5, 5.41) is 23.6. The van der Waals surface area contributed by atoms with Crippen molar-refractivity contribution in [1.29, 1.82) is 0 Å². The van der Waals surface area contributed by atoms with E-state index in [1.54, 1.807) is 11.0 Å². The molecule has 2 aliphatic rings. The van der Waals surface area contributed by atoms with Gasteiger partial charge in [-0.3, -0.25) is 14.5 Å². The highest BCUT2D eigenvalue weighted by Gasteiger charge is 2.29. The number of carbonyl (C=O) groups excluding carboxylic acids is 1. The molecule has 0 unspecified atom stereocenters. The second-order valence-electron chi connectivity index (χ2n) is 12.5. The van der Waals surface area contributed by atoms with Crippen molar-refractivity contribution < 1.29 is 29.1 Å². The van der Waals surface area contributed by atoms with E-state index in [2.05, 4.69) is 18.1 Å². The number of hydrogen-bond acceptors (Lipinski definition) is 7. The molecule has 0 aliphatic carbocycles. The summed E-state index contributed by atoms with van der Waals surface area (Å²) in [6.07, 6.45) is 4.17. The molecule has 6 rings (SSSR count). The summed E-state index contributed by atoms with van der Waals surface area (Å²) in [6.45, 7) is 5.05. The number of piperidine rings is 2. The van der Waals surface area contributed by atoms with E-state index in [0.29, 0.717) is 49.2 Å². The third kappa shape index (κ3) is 7.53. The van der Waals surface area contributed by atoms with Crippen molar-refractivity contribution in [2.24, 2.45) is 5.92 Å². The number of halogens is 1. The highest BCUT2D eigenvalue weighted by molar-refractivity contribution is 6.32. The molecule has 9 nitrogen and oxygen atoms in total. The molecule has 0 radical (unpaired) electrons. The molecule has 0 saturated carbocycles. The van der Waals surface area contributed by atoms with Gasteiger partial charge in [0.1, 0.15) is 18.4 Å². The lowest BCUT2D eigenvalue weighted by Crippen LogP contribution is -2.43. The Bertz CT molecular complexity index is 1730. The van der Waals surface area contributed by atoms with E-state index in [1.165, 1.54) is 0 Å². The lowest BCUT2D eigenvalue weighted by molar-refractivity contribution is -0.144. The Morgan fingerprint density at radius 1 is 0.979 bits per heavy atom. The summed E-state index contributed by atoms with van der Waals surface area (Å²) in [4.78, 5) is 28.5. The number of aliphatic hydroxyl groups excluding tert-OH is 1. The fourth-order valence-corrected chi connectivity index (χ4v) is 6.85. The second kappa shape index (κ2) is 14.7. The number of hydrogen-bond donors (Lipinski definition) is 2. The quantitative estimate of drug-likeness (QED) is 0.191. The summed E-state index contributed by atoms with van der Waals surface area (Å²) >= 11 is 6.63. The molecule has 2 fully saturated rings. The predicted molar refractivity (Wildman–Crippen MR) is 179 cm³/mol. The summed E-state index contributed by atoms with van der Waals surface area (Å²) in [5.41, 5.74) is 6.19. The minimum atomic E-state index is -0.773. The van der Waals surface area contributed by atoms with Crippen LogP contribution in [0.1, 0.15) is 59.3 Å². The third-order valence-corrected chi connectivity index (χ3v) is 9.75. The number of amides is 1. The zero-order valence-corrected chi connectivity index (χ0v) is 27.3. The predicted octanol–water partition coefficient (Wildman–Crippen LogP) is 6.83. The van der Waals surface area contributed by atoms with Crippen LogP contribution in [0.2, 0.25) is 5.02 Å². The van der Waals surface area contributed by atoms with Crippen LogP contribution in [0.25, 0.3) is 22.5 Å². The molecule has 1 aromatic heterocycles. The lowest BCUT2D eigenvalue weighted by Gasteiger charge is -2.32. The number of aromatic nitrogens is 1. The van der Waals surface area contributed by atoms with Crippen LogP contribution in [0.5, 0.6) is 5.75 Å². The van der Waals surface area contributed by atoms with Crippen molar-refractivity contribution >= 4 is 23.5 Å². The molecule has 10 heteroatoms. The molecule has 47 heavy (non-hydrogen) atoms. The number of benzene rings is 3. The van der Waals surface area contributed by atoms with Gasteiger partial charge in [0, 0.05) is 37.9 Å². The van der Waals surface area contributed by atoms with Gasteiger partial charge in [-0.05, 0) is 91.1 Å². The SMILES string of the molecule is Cc1c(COc2ccc(CN3CCCC[C@H]3C(=O)O)cc2Cl)cccc1-c1cccc(-c2cc(C(=O)N3CCC(CO)CC3)no2)c1. The van der Waals surface area contributed by atoms with Crippen LogP contribution in [-0.2, 0) is 17.9 Å². The molecule has 0 bridgehead atoms. The minimum Gasteiger partial charge on any atom is -0.487 e. The maximum absolute atomic E-state index is 13.0. The zero-order valence-electron chi connectivity index (χ0n) is 26.5. The average molecular weight is 658 g/mol. The van der Waals surface area contributed by atoms with Gasteiger partial charge >= 0.3 is 5.97 Å². The first-order valence-electron chi connectivity index (χ1n) is 16.2. The number of carboxylic acid groups (broad SMARTS) is 1. The molecule has 4 aromatic rings. The highest BCUT2D eigenvalue weighted by atomic mass is 35.5. The van der Waals surface area contributed by atoms with Crippen molar-refractivity contribution in [2.75, 3.05) is 26.2 Å². The molecule has 1 amide bonds. The Labute approximate surface area is 279 Å². The summed E-state index contributed by atoms with van der Waals surface area (Å²) < 4.78 is 11.8. The van der Waals surface area contributed by atoms with Crippen LogP contribution in [-0.4, -0.2) is 69.3 Å². The fraction of sp³-hybridized carbons (Fsp3) is 0.378. The number of rotatable bonds is 10. The molecular formula is C37H40ClN3O6. The number of nitrogens with zero attached hydrogens (tertiary/aromatic N) is 3. The molecule has 2 saturated heterocycles. The Morgan fingerprint density at radius 3 is 2.53 bits per heavy atom. The van der Waals surface area contributed by atoms with E-state index < -0.39 is 12.0 Å². The molecule has 2 N–H and O–H groups in total. The van der Waals surface area contributed by atoms with Gasteiger partial charge in [0.15, 0.2) is 11.5 Å². The van der Waals surface area contributed by atoms with E-state index in [4.69, 9.17) is 20.9 Å². The minimum absolute atomic E-state index is 0.153. The average Bonchev–Trinajstić information content (AvgIpc) is 3.59. The van der Waals surface area contributed by atoms with Crippen LogP contribution in [0.15, 0.2) is 71.3 Å². The second-order valence-corrected chi connectivity index (χ2v) is 12.9. The van der Waals surface area contributed by atoms with E-state index in [9.17, 15) is 19.8 Å². The Hall–Kier alpha value is -4.18. The number of ether oxygens (including phenoxy) is 1. The molecule has 0 spiro atoms. The smallest absolute Gasteiger partial charge is 0.320 e. The summed E-state index contributed by atoms with van der Waals surface area (Å²) in [6, 6.07) is 21.0. The van der Waals surface area contributed by atoms with Gasteiger partial charge < -0.3 is 24.4 Å². The van der Waals surface area contributed by atoms with Gasteiger partial charge in [-0.2, -0.15) is 0 Å². The van der Waals surface area contributed by atoms with E-state index in [0.717, 1.165) is 65.6 Å². The largest absolute Gasteiger partial charge is 0.487 e. The fourth-order valence-electron chi connectivity index (χ4n) is 6.59. The normalized spacial score (nSPS) is 17.5. The molecule has 3 aromatic carbocycles. The van der Waals surface area contributed by atoms with E-state index in [1.807, 2.05) is 59.5 Å². The third-order valence-electron chi connectivity index (χ3n) is 9.46. The van der Waals surface area contributed by atoms with Gasteiger partial charge in [0.2, 0.25) is 0 Å². The Balaban J connectivity index is 1.12. The number of aliphatic carboxylic acids is 1. The van der Waals surface area contributed by atoms with Crippen molar-refractivity contribution in [3.8, 4) is 28.2 Å². The van der Waals surface area contributed by atoms with Crippen LogP contribution in [0, 0.1) is 12.8 Å². The summed E-state index contributed by atoms with van der Waals surface area (Å²) in [7, 11) is 0. The summed E-state index contributed by atoms with van der Waals surface area (Å²) in [5.74, 6) is 0.419. The molecule has 246 valence electrons. The van der Waals surface area contributed by atoms with Gasteiger partial charge in [0.05, 0.1) is 5.02 Å². The number of carbonyl (C=O) groups is 2.